The molecule has 0 spiro atoms. The highest BCUT2D eigenvalue weighted by molar-refractivity contribution is 7.13. The van der Waals surface area contributed by atoms with Crippen molar-refractivity contribution in [2.75, 3.05) is 12.8 Å². The number of nitrogens with zero attached hydrogens (tertiary/aromatic N) is 7. The minimum atomic E-state index is 0.170. The molecule has 2 N–H and O–H groups in total. The molecular formula is C18H18N8OS. The van der Waals surface area contributed by atoms with Crippen LogP contribution < -0.4 is 5.73 Å². The van der Waals surface area contributed by atoms with E-state index in [2.05, 4.69) is 30.2 Å². The number of pyridine rings is 1. The number of hydrogen-bond donors (Lipinski definition) is 1. The SMILES string of the molecule is COCc1cccc(Cn2cc(-c3cc(-c4nc(C)cs4)nc(N)n3)nn2)n1. The maximum atomic E-state index is 5.89. The van der Waals surface area contributed by atoms with Gasteiger partial charge in [0, 0.05) is 18.2 Å². The molecule has 0 aliphatic rings. The number of thiazole rings is 1. The van der Waals surface area contributed by atoms with Crippen molar-refractivity contribution < 1.29 is 4.74 Å². The smallest absolute Gasteiger partial charge is 0.221 e. The Morgan fingerprint density at radius 3 is 2.68 bits per heavy atom. The number of methoxy groups -OCH3 is 1. The van der Waals surface area contributed by atoms with Gasteiger partial charge in [-0.05, 0) is 25.1 Å². The molecule has 0 aliphatic heterocycles. The molecule has 4 rings (SSSR count). The van der Waals surface area contributed by atoms with Gasteiger partial charge in [0.15, 0.2) is 0 Å². The van der Waals surface area contributed by atoms with E-state index in [4.69, 9.17) is 10.5 Å². The molecule has 4 aromatic rings. The third kappa shape index (κ3) is 4.02. The van der Waals surface area contributed by atoms with Crippen LogP contribution >= 0.6 is 11.3 Å². The van der Waals surface area contributed by atoms with Crippen LogP contribution in [0.2, 0.25) is 0 Å². The maximum Gasteiger partial charge on any atom is 0.221 e. The van der Waals surface area contributed by atoms with Gasteiger partial charge in [-0.25, -0.2) is 19.6 Å². The number of ether oxygens (including phenoxy) is 1. The van der Waals surface area contributed by atoms with E-state index in [-0.39, 0.29) is 5.95 Å². The van der Waals surface area contributed by atoms with Crippen molar-refractivity contribution in [3.63, 3.8) is 0 Å². The summed E-state index contributed by atoms with van der Waals surface area (Å²) in [5.74, 6) is 0.170. The number of rotatable bonds is 6. The summed E-state index contributed by atoms with van der Waals surface area (Å²) in [4.78, 5) is 17.6. The predicted octanol–water partition coefficient (Wildman–Crippen LogP) is 2.34. The molecule has 0 amide bonds. The molecule has 0 saturated heterocycles. The number of nitrogens with two attached hydrogens (primary N) is 1. The molecule has 4 aromatic heterocycles. The lowest BCUT2D eigenvalue weighted by Gasteiger charge is -2.03. The van der Waals surface area contributed by atoms with Gasteiger partial charge in [-0.15, -0.1) is 16.4 Å². The van der Waals surface area contributed by atoms with Crippen molar-refractivity contribution in [3.05, 3.63) is 52.9 Å². The number of anilines is 1. The van der Waals surface area contributed by atoms with E-state index >= 15 is 0 Å². The van der Waals surface area contributed by atoms with E-state index in [1.807, 2.05) is 42.8 Å². The highest BCUT2D eigenvalue weighted by Gasteiger charge is 2.13. The van der Waals surface area contributed by atoms with Gasteiger partial charge in [-0.3, -0.25) is 4.98 Å². The summed E-state index contributed by atoms with van der Waals surface area (Å²) in [5.41, 5.74) is 10.4. The van der Waals surface area contributed by atoms with Crippen molar-refractivity contribution >= 4 is 17.3 Å². The van der Waals surface area contributed by atoms with E-state index in [1.165, 1.54) is 11.3 Å². The summed E-state index contributed by atoms with van der Waals surface area (Å²) in [5, 5.41) is 11.2. The van der Waals surface area contributed by atoms with Gasteiger partial charge in [0.2, 0.25) is 5.95 Å². The van der Waals surface area contributed by atoms with E-state index in [9.17, 15) is 0 Å². The molecule has 0 aromatic carbocycles. The quantitative estimate of drug-likeness (QED) is 0.529. The standard InChI is InChI=1S/C18H18N8OS/c1-11-10-28-17(20-11)15-6-14(22-18(19)23-15)16-8-26(25-24-16)7-12-4-3-5-13(21-12)9-27-2/h3-6,8,10H,7,9H2,1-2H3,(H2,19,22,23). The second-order valence-corrected chi connectivity index (χ2v) is 7.00. The van der Waals surface area contributed by atoms with Crippen LogP contribution in [0.3, 0.4) is 0 Å². The molecular weight excluding hydrogens is 376 g/mol. The van der Waals surface area contributed by atoms with Crippen molar-refractivity contribution in [1.82, 2.24) is 34.9 Å². The molecule has 28 heavy (non-hydrogen) atoms. The van der Waals surface area contributed by atoms with Gasteiger partial charge < -0.3 is 10.5 Å². The van der Waals surface area contributed by atoms with Crippen LogP contribution in [0.5, 0.6) is 0 Å². The fourth-order valence-electron chi connectivity index (χ4n) is 2.68. The van der Waals surface area contributed by atoms with E-state index in [1.54, 1.807) is 11.8 Å². The Labute approximate surface area is 165 Å². The number of aromatic nitrogens is 7. The van der Waals surface area contributed by atoms with Crippen LogP contribution in [-0.2, 0) is 17.9 Å². The zero-order chi connectivity index (χ0) is 19.5. The van der Waals surface area contributed by atoms with Gasteiger partial charge in [0.25, 0.3) is 0 Å². The van der Waals surface area contributed by atoms with Gasteiger partial charge in [0.05, 0.1) is 36.4 Å². The fraction of sp³-hybridized carbons (Fsp3) is 0.222. The topological polar surface area (TPSA) is 118 Å². The summed E-state index contributed by atoms with van der Waals surface area (Å²) < 4.78 is 6.84. The third-order valence-corrected chi connectivity index (χ3v) is 4.85. The van der Waals surface area contributed by atoms with Crippen LogP contribution in [0.15, 0.2) is 35.8 Å². The molecule has 0 fully saturated rings. The first-order valence-corrected chi connectivity index (χ1v) is 9.40. The molecule has 9 nitrogen and oxygen atoms in total. The third-order valence-electron chi connectivity index (χ3n) is 3.86. The van der Waals surface area contributed by atoms with Crippen LogP contribution in [0.25, 0.3) is 22.1 Å². The molecule has 10 heteroatoms. The van der Waals surface area contributed by atoms with E-state index in [0.29, 0.717) is 30.2 Å². The Bertz CT molecular complexity index is 1110. The monoisotopic (exact) mass is 394 g/mol. The first kappa shape index (κ1) is 18.1. The minimum Gasteiger partial charge on any atom is -0.378 e. The first-order valence-electron chi connectivity index (χ1n) is 8.52. The molecule has 0 bridgehead atoms. The van der Waals surface area contributed by atoms with Crippen LogP contribution in [0.1, 0.15) is 17.1 Å². The first-order chi connectivity index (χ1) is 13.6. The normalized spacial score (nSPS) is 11.1. The molecule has 0 radical (unpaired) electrons. The summed E-state index contributed by atoms with van der Waals surface area (Å²) in [6.45, 7) is 2.89. The summed E-state index contributed by atoms with van der Waals surface area (Å²) in [6.07, 6.45) is 1.81. The highest BCUT2D eigenvalue weighted by atomic mass is 32.1. The zero-order valence-corrected chi connectivity index (χ0v) is 16.2. The maximum absolute atomic E-state index is 5.89. The summed E-state index contributed by atoms with van der Waals surface area (Å²) in [6, 6.07) is 7.62. The zero-order valence-electron chi connectivity index (χ0n) is 15.4. The summed E-state index contributed by atoms with van der Waals surface area (Å²) >= 11 is 1.51. The van der Waals surface area contributed by atoms with Crippen LogP contribution in [0.4, 0.5) is 5.95 Å². The lowest BCUT2D eigenvalue weighted by molar-refractivity contribution is 0.181. The second kappa shape index (κ2) is 7.79. The Morgan fingerprint density at radius 1 is 1.07 bits per heavy atom. The van der Waals surface area contributed by atoms with Gasteiger partial charge >= 0.3 is 0 Å². The van der Waals surface area contributed by atoms with E-state index < -0.39 is 0 Å². The van der Waals surface area contributed by atoms with Crippen LogP contribution in [0, 0.1) is 6.92 Å². The van der Waals surface area contributed by atoms with E-state index in [0.717, 1.165) is 22.1 Å². The number of aryl methyl sites for hydroxylation is 1. The number of nitrogen functional groups attached to an aromatic ring is 1. The molecule has 0 aliphatic carbocycles. The van der Waals surface area contributed by atoms with Crippen molar-refractivity contribution in [2.24, 2.45) is 0 Å². The fourth-order valence-corrected chi connectivity index (χ4v) is 3.44. The molecule has 142 valence electrons. The molecule has 0 atom stereocenters. The van der Waals surface area contributed by atoms with Crippen LogP contribution in [-0.4, -0.2) is 42.0 Å². The molecule has 0 unspecified atom stereocenters. The highest BCUT2D eigenvalue weighted by Crippen LogP contribution is 2.25. The van der Waals surface area contributed by atoms with Crippen molar-refractivity contribution in [2.45, 2.75) is 20.1 Å². The lowest BCUT2D eigenvalue weighted by atomic mass is 10.2. The minimum absolute atomic E-state index is 0.170. The lowest BCUT2D eigenvalue weighted by Crippen LogP contribution is -2.04. The molecule has 4 heterocycles. The Morgan fingerprint density at radius 2 is 1.89 bits per heavy atom. The van der Waals surface area contributed by atoms with Gasteiger partial charge in [-0.1, -0.05) is 11.3 Å². The Balaban J connectivity index is 1.59. The van der Waals surface area contributed by atoms with Crippen molar-refractivity contribution in [3.8, 4) is 22.1 Å². The average molecular weight is 394 g/mol. The number of hydrogen-bond acceptors (Lipinski definition) is 9. The predicted molar refractivity (Wildman–Crippen MR) is 105 cm³/mol. The Kier molecular flexibility index (Phi) is 5.04. The van der Waals surface area contributed by atoms with Gasteiger partial charge in [-0.2, -0.15) is 0 Å². The molecule has 0 saturated carbocycles. The summed E-state index contributed by atoms with van der Waals surface area (Å²) in [7, 11) is 1.65. The van der Waals surface area contributed by atoms with Crippen molar-refractivity contribution in [1.29, 1.82) is 0 Å². The van der Waals surface area contributed by atoms with Gasteiger partial charge in [0.1, 0.15) is 16.4 Å². The largest absolute Gasteiger partial charge is 0.378 e. The Hall–Kier alpha value is -3.24. The second-order valence-electron chi connectivity index (χ2n) is 6.15. The average Bonchev–Trinajstić information content (AvgIpc) is 3.31.